The Morgan fingerprint density at radius 2 is 1.12 bits per heavy atom. The zero-order valence-corrected chi connectivity index (χ0v) is 29.2. The molecule has 0 saturated heterocycles. The summed E-state index contributed by atoms with van der Waals surface area (Å²) in [4.78, 5) is 5.24. The van der Waals surface area contributed by atoms with Crippen molar-refractivity contribution in [1.29, 1.82) is 0 Å². The third kappa shape index (κ3) is 3.90. The number of hydrogen-bond donors (Lipinski definition) is 0. The minimum atomic E-state index is -0.222. The molecule has 0 saturated carbocycles. The van der Waals surface area contributed by atoms with E-state index < -0.39 is 0 Å². The summed E-state index contributed by atoms with van der Waals surface area (Å²) in [5.41, 5.74) is 16.9. The average molecular weight is 676 g/mol. The summed E-state index contributed by atoms with van der Waals surface area (Å²) >= 11 is 3.98. The van der Waals surface area contributed by atoms with E-state index in [1.165, 1.54) is 71.3 Å². The number of hydrogen-bond acceptors (Lipinski definition) is 4. The van der Waals surface area contributed by atoms with Crippen LogP contribution in [0.2, 0.25) is 0 Å². The second kappa shape index (κ2) is 10.5. The summed E-state index contributed by atoms with van der Waals surface area (Å²) in [5, 5.41) is 2.60. The summed E-state index contributed by atoms with van der Waals surface area (Å²) in [6.45, 7) is 4.74. The Morgan fingerprint density at radius 3 is 1.90 bits per heavy atom. The van der Waals surface area contributed by atoms with E-state index in [1.54, 1.807) is 0 Å². The first-order chi connectivity index (χ1) is 24.6. The Kier molecular flexibility index (Phi) is 6.01. The van der Waals surface area contributed by atoms with Crippen LogP contribution in [0.5, 0.6) is 0 Å². The highest BCUT2D eigenvalue weighted by Gasteiger charge is 2.41. The largest absolute Gasteiger partial charge is 0.455 e. The molecule has 3 aliphatic heterocycles. The van der Waals surface area contributed by atoms with E-state index in [2.05, 4.69) is 164 Å². The van der Waals surface area contributed by atoms with Crippen LogP contribution in [0.4, 0.5) is 17.1 Å². The number of rotatable bonds is 2. The molecule has 0 amide bonds. The second-order valence-corrected chi connectivity index (χ2v) is 16.6. The van der Waals surface area contributed by atoms with E-state index >= 15 is 0 Å². The lowest BCUT2D eigenvalue weighted by Crippen LogP contribution is -2.35. The van der Waals surface area contributed by atoms with Crippen LogP contribution >= 0.6 is 23.2 Å². The first-order valence-corrected chi connectivity index (χ1v) is 19.0. The van der Waals surface area contributed by atoms with Gasteiger partial charge in [-0.2, -0.15) is 23.2 Å². The van der Waals surface area contributed by atoms with Crippen molar-refractivity contribution in [2.45, 2.75) is 29.1 Å². The molecule has 236 valence electrons. The molecule has 0 atom stereocenters. The molecular weight excluding hydrogens is 645 g/mol. The van der Waals surface area contributed by atoms with Gasteiger partial charge in [0.1, 0.15) is 11.2 Å². The van der Waals surface area contributed by atoms with Crippen LogP contribution in [-0.4, -0.2) is 5.27 Å². The molecule has 7 aromatic carbocycles. The minimum Gasteiger partial charge on any atom is -0.455 e. The number of benzene rings is 7. The predicted molar refractivity (Wildman–Crippen MR) is 214 cm³/mol. The van der Waals surface area contributed by atoms with E-state index in [-0.39, 0.29) is 5.41 Å². The van der Waals surface area contributed by atoms with E-state index in [1.807, 2.05) is 23.2 Å². The van der Waals surface area contributed by atoms with Crippen LogP contribution in [0.25, 0.3) is 55.3 Å². The van der Waals surface area contributed by atoms with Gasteiger partial charge in [0.15, 0.2) is 0 Å². The lowest BCUT2D eigenvalue weighted by atomic mass is 9.72. The molecule has 0 fully saturated rings. The van der Waals surface area contributed by atoms with Crippen LogP contribution in [0.15, 0.2) is 160 Å². The van der Waals surface area contributed by atoms with Crippen molar-refractivity contribution >= 4 is 73.0 Å². The lowest BCUT2D eigenvalue weighted by molar-refractivity contribution is 0.632. The Morgan fingerprint density at radius 1 is 0.540 bits per heavy atom. The van der Waals surface area contributed by atoms with Crippen LogP contribution in [0, 0.1) is 0 Å². The van der Waals surface area contributed by atoms with Crippen molar-refractivity contribution in [2.75, 3.05) is 4.90 Å². The monoisotopic (exact) mass is 675 g/mol. The predicted octanol–water partition coefficient (Wildman–Crippen LogP) is 12.6. The van der Waals surface area contributed by atoms with Crippen molar-refractivity contribution < 1.29 is 4.42 Å². The molecule has 0 N–H and O–H groups in total. The van der Waals surface area contributed by atoms with Gasteiger partial charge in [-0.05, 0) is 75.2 Å². The quantitative estimate of drug-likeness (QED) is 0.170. The SMILES string of the molecule is CC1(C)c2ccccc2N(c2cc3c4c(c2)-c2ccccc2SB4Sc2ccccc2-3)c2c(-c3cccc4c3oc3ccccc34)cccc21. The molecule has 0 radical (unpaired) electrons. The van der Waals surface area contributed by atoms with Crippen molar-refractivity contribution in [2.24, 2.45) is 0 Å². The standard InChI is InChI=1S/C45H30BNOS2/c1-45(2)36-19-6-7-21-38(36)47(43-31(16-12-20-37(43)45)33-18-11-17-32-28-13-3-8-22-39(28)48-44(32)33)27-25-34-29-14-4-9-23-40(29)49-46-42(34)35(26-27)30-15-5-10-24-41(30)50-46/h3-26H,1-2H3. The Bertz CT molecular complexity index is 2660. The van der Waals surface area contributed by atoms with Crippen molar-refractivity contribution in [1.82, 2.24) is 0 Å². The van der Waals surface area contributed by atoms with Gasteiger partial charge >= 0.3 is 5.27 Å². The average Bonchev–Trinajstić information content (AvgIpc) is 3.54. The molecule has 0 aliphatic carbocycles. The molecule has 0 unspecified atom stereocenters. The number of fused-ring (bicyclic) bond motifs is 9. The van der Waals surface area contributed by atoms with Gasteiger partial charge in [-0.3, -0.25) is 0 Å². The van der Waals surface area contributed by atoms with E-state index in [4.69, 9.17) is 4.42 Å². The van der Waals surface area contributed by atoms with E-state index in [9.17, 15) is 0 Å². The summed E-state index contributed by atoms with van der Waals surface area (Å²) in [5.74, 6) is 0. The highest BCUT2D eigenvalue weighted by molar-refractivity contribution is 8.56. The highest BCUT2D eigenvalue weighted by atomic mass is 32.2. The molecule has 2 nitrogen and oxygen atoms in total. The van der Waals surface area contributed by atoms with Crippen molar-refractivity contribution in [3.8, 4) is 33.4 Å². The minimum absolute atomic E-state index is 0.222. The van der Waals surface area contributed by atoms with Gasteiger partial charge in [0.2, 0.25) is 0 Å². The Hall–Kier alpha value is -5.10. The maximum atomic E-state index is 6.68. The van der Waals surface area contributed by atoms with Gasteiger partial charge in [-0.25, -0.2) is 0 Å². The third-order valence-electron chi connectivity index (χ3n) is 10.9. The van der Waals surface area contributed by atoms with Gasteiger partial charge < -0.3 is 9.32 Å². The van der Waals surface area contributed by atoms with Crippen LogP contribution in [-0.2, 0) is 5.41 Å². The number of para-hydroxylation sites is 4. The fourth-order valence-corrected chi connectivity index (χ4v) is 11.6. The summed E-state index contributed by atoms with van der Waals surface area (Å²) < 4.78 is 6.68. The zero-order valence-electron chi connectivity index (χ0n) is 27.6. The smallest absolute Gasteiger partial charge is 0.318 e. The topological polar surface area (TPSA) is 16.4 Å². The fourth-order valence-electron chi connectivity index (χ4n) is 8.62. The van der Waals surface area contributed by atoms with Crippen LogP contribution in [0.1, 0.15) is 25.0 Å². The third-order valence-corrected chi connectivity index (χ3v) is 13.6. The number of nitrogens with zero attached hydrogens (tertiary/aromatic N) is 1. The molecule has 8 aromatic rings. The normalized spacial score (nSPS) is 14.9. The van der Waals surface area contributed by atoms with E-state index in [0.717, 1.165) is 27.5 Å². The molecule has 0 spiro atoms. The highest BCUT2D eigenvalue weighted by Crippen LogP contribution is 2.57. The molecular formula is C45H30BNOS2. The molecule has 3 aliphatic rings. The number of furan rings is 1. The Balaban J connectivity index is 1.25. The van der Waals surface area contributed by atoms with Gasteiger partial charge in [0, 0.05) is 42.8 Å². The summed E-state index contributed by atoms with van der Waals surface area (Å²) in [6, 6.07) is 53.6. The van der Waals surface area contributed by atoms with Crippen LogP contribution in [0.3, 0.4) is 0 Å². The summed E-state index contributed by atoms with van der Waals surface area (Å²) in [7, 11) is 0. The maximum absolute atomic E-state index is 6.68. The molecule has 0 bridgehead atoms. The van der Waals surface area contributed by atoms with Gasteiger partial charge in [0.05, 0.1) is 11.4 Å². The van der Waals surface area contributed by atoms with E-state index in [0.29, 0.717) is 5.27 Å². The molecule has 5 heteroatoms. The van der Waals surface area contributed by atoms with Gasteiger partial charge in [-0.1, -0.05) is 123 Å². The van der Waals surface area contributed by atoms with Crippen LogP contribution < -0.4 is 10.4 Å². The first-order valence-electron chi connectivity index (χ1n) is 17.2. The van der Waals surface area contributed by atoms with Crippen molar-refractivity contribution in [3.05, 3.63) is 157 Å². The molecule has 50 heavy (non-hydrogen) atoms. The zero-order chi connectivity index (χ0) is 33.1. The number of anilines is 3. The second-order valence-electron chi connectivity index (χ2n) is 14.0. The van der Waals surface area contributed by atoms with Gasteiger partial charge in [-0.15, -0.1) is 0 Å². The lowest BCUT2D eigenvalue weighted by Gasteiger charge is -2.44. The fraction of sp³-hybridized carbons (Fsp3) is 0.0667. The maximum Gasteiger partial charge on any atom is 0.318 e. The van der Waals surface area contributed by atoms with Crippen molar-refractivity contribution in [3.63, 3.8) is 0 Å². The molecule has 4 heterocycles. The molecule has 11 rings (SSSR count). The first kappa shape index (κ1) is 28.7. The Labute approximate surface area is 300 Å². The molecule has 1 aromatic heterocycles. The van der Waals surface area contributed by atoms with Gasteiger partial charge in [0.25, 0.3) is 0 Å². The summed E-state index contributed by atoms with van der Waals surface area (Å²) in [6.07, 6.45) is 0.